The standard InChI is InChI=1S/C9H13NO4S/c1-15(13,14)8-7-9(10(11)12)5-3-2-4-6-9/h2-5H,6-8H2,1H3. The highest BCUT2D eigenvalue weighted by Gasteiger charge is 2.40. The van der Waals surface area contributed by atoms with Crippen molar-refractivity contribution < 1.29 is 13.3 Å². The summed E-state index contributed by atoms with van der Waals surface area (Å²) in [5, 5.41) is 10.9. The van der Waals surface area contributed by atoms with Gasteiger partial charge in [0.05, 0.1) is 5.75 Å². The van der Waals surface area contributed by atoms with Crippen molar-refractivity contribution in [2.75, 3.05) is 12.0 Å². The Morgan fingerprint density at radius 2 is 2.13 bits per heavy atom. The van der Waals surface area contributed by atoms with Gasteiger partial charge in [0.2, 0.25) is 5.54 Å². The molecule has 0 bridgehead atoms. The summed E-state index contributed by atoms with van der Waals surface area (Å²) in [4.78, 5) is 10.5. The van der Waals surface area contributed by atoms with E-state index in [1.54, 1.807) is 18.2 Å². The molecule has 1 aliphatic carbocycles. The van der Waals surface area contributed by atoms with E-state index in [-0.39, 0.29) is 18.6 Å². The molecule has 1 rings (SSSR count). The van der Waals surface area contributed by atoms with Gasteiger partial charge in [-0.15, -0.1) is 0 Å². The van der Waals surface area contributed by atoms with Crippen molar-refractivity contribution in [3.05, 3.63) is 34.4 Å². The Morgan fingerprint density at radius 1 is 1.47 bits per heavy atom. The lowest BCUT2D eigenvalue weighted by Crippen LogP contribution is -2.38. The maximum atomic E-state index is 11.0. The maximum Gasteiger partial charge on any atom is 0.245 e. The average molecular weight is 231 g/mol. The van der Waals surface area contributed by atoms with Gasteiger partial charge in [0.25, 0.3) is 0 Å². The first-order valence-electron chi connectivity index (χ1n) is 4.52. The van der Waals surface area contributed by atoms with E-state index in [2.05, 4.69) is 0 Å². The van der Waals surface area contributed by atoms with Gasteiger partial charge < -0.3 is 0 Å². The van der Waals surface area contributed by atoms with E-state index in [4.69, 9.17) is 0 Å². The zero-order valence-electron chi connectivity index (χ0n) is 8.42. The molecule has 0 aromatic rings. The van der Waals surface area contributed by atoms with Crippen LogP contribution in [0.4, 0.5) is 0 Å². The number of allylic oxidation sites excluding steroid dienone is 2. The van der Waals surface area contributed by atoms with Crippen LogP contribution in [0.25, 0.3) is 0 Å². The van der Waals surface area contributed by atoms with E-state index in [0.29, 0.717) is 0 Å². The molecular weight excluding hydrogens is 218 g/mol. The highest BCUT2D eigenvalue weighted by molar-refractivity contribution is 7.90. The van der Waals surface area contributed by atoms with Crippen LogP contribution >= 0.6 is 0 Å². The molecule has 0 N–H and O–H groups in total. The smallest absolute Gasteiger partial charge is 0.245 e. The monoisotopic (exact) mass is 231 g/mol. The third-order valence-corrected chi connectivity index (χ3v) is 3.34. The molecule has 0 fully saturated rings. The minimum Gasteiger partial charge on any atom is -0.264 e. The predicted octanol–water partition coefficient (Wildman–Crippen LogP) is 0.953. The zero-order chi connectivity index (χ0) is 11.5. The molecule has 0 radical (unpaired) electrons. The van der Waals surface area contributed by atoms with Gasteiger partial charge >= 0.3 is 0 Å². The first kappa shape index (κ1) is 11.9. The van der Waals surface area contributed by atoms with Crippen molar-refractivity contribution in [3.63, 3.8) is 0 Å². The van der Waals surface area contributed by atoms with E-state index < -0.39 is 20.3 Å². The second-order valence-corrected chi connectivity index (χ2v) is 5.99. The van der Waals surface area contributed by atoms with Gasteiger partial charge in [0.15, 0.2) is 0 Å². The van der Waals surface area contributed by atoms with Crippen molar-refractivity contribution in [2.24, 2.45) is 0 Å². The Kier molecular flexibility index (Phi) is 3.28. The number of sulfone groups is 1. The molecule has 1 aliphatic rings. The molecular formula is C9H13NO4S. The van der Waals surface area contributed by atoms with Crippen molar-refractivity contribution in [1.82, 2.24) is 0 Å². The number of nitrogens with zero attached hydrogens (tertiary/aromatic N) is 1. The van der Waals surface area contributed by atoms with E-state index >= 15 is 0 Å². The minimum atomic E-state index is -3.16. The maximum absolute atomic E-state index is 11.0. The van der Waals surface area contributed by atoms with Crippen LogP contribution in [0.5, 0.6) is 0 Å². The summed E-state index contributed by atoms with van der Waals surface area (Å²) in [6.45, 7) is 0. The molecule has 0 amide bonds. The third kappa shape index (κ3) is 3.16. The van der Waals surface area contributed by atoms with Crippen LogP contribution in [0.15, 0.2) is 24.3 Å². The van der Waals surface area contributed by atoms with Gasteiger partial charge in [-0.3, -0.25) is 10.1 Å². The molecule has 0 heterocycles. The van der Waals surface area contributed by atoms with E-state index in [1.165, 1.54) is 6.08 Å². The van der Waals surface area contributed by atoms with Gasteiger partial charge in [-0.25, -0.2) is 8.42 Å². The third-order valence-electron chi connectivity index (χ3n) is 2.39. The highest BCUT2D eigenvalue weighted by atomic mass is 32.2. The molecule has 0 aliphatic heterocycles. The summed E-state index contributed by atoms with van der Waals surface area (Å²) < 4.78 is 21.9. The van der Waals surface area contributed by atoms with Crippen LogP contribution in [0.3, 0.4) is 0 Å². The zero-order valence-corrected chi connectivity index (χ0v) is 9.24. The van der Waals surface area contributed by atoms with Crippen molar-refractivity contribution in [3.8, 4) is 0 Å². The van der Waals surface area contributed by atoms with Crippen molar-refractivity contribution in [2.45, 2.75) is 18.4 Å². The predicted molar refractivity (Wildman–Crippen MR) is 57.0 cm³/mol. The Bertz CT molecular complexity index is 410. The lowest BCUT2D eigenvalue weighted by atomic mass is 9.89. The largest absolute Gasteiger partial charge is 0.264 e. The number of nitro groups is 1. The second kappa shape index (κ2) is 4.14. The Morgan fingerprint density at radius 3 is 2.53 bits per heavy atom. The summed E-state index contributed by atoms with van der Waals surface area (Å²) in [5.41, 5.74) is -1.24. The quantitative estimate of drug-likeness (QED) is 0.533. The molecule has 1 unspecified atom stereocenters. The van der Waals surface area contributed by atoms with Gasteiger partial charge in [0.1, 0.15) is 9.84 Å². The molecule has 0 saturated carbocycles. The summed E-state index contributed by atoms with van der Waals surface area (Å²) in [6.07, 6.45) is 7.84. The molecule has 1 atom stereocenters. The van der Waals surface area contributed by atoms with Gasteiger partial charge in [-0.1, -0.05) is 18.2 Å². The van der Waals surface area contributed by atoms with E-state index in [1.807, 2.05) is 0 Å². The molecule has 6 heteroatoms. The topological polar surface area (TPSA) is 77.3 Å². The first-order valence-corrected chi connectivity index (χ1v) is 6.58. The van der Waals surface area contributed by atoms with Crippen LogP contribution < -0.4 is 0 Å². The molecule has 15 heavy (non-hydrogen) atoms. The van der Waals surface area contributed by atoms with Crippen LogP contribution in [-0.2, 0) is 9.84 Å². The van der Waals surface area contributed by atoms with Crippen LogP contribution in [-0.4, -0.2) is 30.9 Å². The van der Waals surface area contributed by atoms with Crippen LogP contribution in [0.1, 0.15) is 12.8 Å². The fourth-order valence-electron chi connectivity index (χ4n) is 1.43. The number of hydrogen-bond acceptors (Lipinski definition) is 4. The lowest BCUT2D eigenvalue weighted by Gasteiger charge is -2.21. The molecule has 5 nitrogen and oxygen atoms in total. The van der Waals surface area contributed by atoms with Gasteiger partial charge in [-0.05, 0) is 6.08 Å². The SMILES string of the molecule is CS(=O)(=O)CCC1([N+](=O)[O-])C=CC=CC1. The van der Waals surface area contributed by atoms with Gasteiger partial charge in [0, 0.05) is 24.0 Å². The van der Waals surface area contributed by atoms with Crippen LogP contribution in [0.2, 0.25) is 0 Å². The molecule has 84 valence electrons. The Labute approximate surface area is 88.6 Å². The molecule has 0 spiro atoms. The normalized spacial score (nSPS) is 25.4. The molecule has 0 aromatic carbocycles. The summed E-state index contributed by atoms with van der Waals surface area (Å²) in [7, 11) is -3.16. The van der Waals surface area contributed by atoms with E-state index in [9.17, 15) is 18.5 Å². The fourth-order valence-corrected chi connectivity index (χ4v) is 2.15. The highest BCUT2D eigenvalue weighted by Crippen LogP contribution is 2.25. The summed E-state index contributed by atoms with van der Waals surface area (Å²) in [5.74, 6) is -0.161. The van der Waals surface area contributed by atoms with Crippen molar-refractivity contribution >= 4 is 9.84 Å². The van der Waals surface area contributed by atoms with Crippen molar-refractivity contribution in [1.29, 1.82) is 0 Å². The van der Waals surface area contributed by atoms with Gasteiger partial charge in [-0.2, -0.15) is 0 Å². The van der Waals surface area contributed by atoms with Crippen LogP contribution in [0, 0.1) is 10.1 Å². The Hall–Kier alpha value is -1.17. The number of hydrogen-bond donors (Lipinski definition) is 0. The lowest BCUT2D eigenvalue weighted by molar-refractivity contribution is -0.554. The summed E-state index contributed by atoms with van der Waals surface area (Å²) in [6, 6.07) is 0. The molecule has 0 aromatic heterocycles. The first-order chi connectivity index (χ1) is 6.86. The second-order valence-electron chi connectivity index (χ2n) is 3.73. The fraction of sp³-hybridized carbons (Fsp3) is 0.556. The van der Waals surface area contributed by atoms with E-state index in [0.717, 1.165) is 6.26 Å². The summed E-state index contributed by atoms with van der Waals surface area (Å²) >= 11 is 0. The average Bonchev–Trinajstić information content (AvgIpc) is 2.15. The Balaban J connectivity index is 2.81. The minimum absolute atomic E-state index is 0.0275. The number of rotatable bonds is 4. The molecule has 0 saturated heterocycles.